The number of aryl methyl sites for hydroxylation is 2. The number of carbonyl (C=O) groups excluding carboxylic acids is 1. The summed E-state index contributed by atoms with van der Waals surface area (Å²) in [4.78, 5) is 12.8. The standard InChI is InChI=1S/C26H30N2O4S/c1-5-19-7-8-20(6-2)22(17-19)18-27-26(29)21-9-11-23(12-10-21)28(3)33(30,31)25-15-13-24(32-4)14-16-25/h7-17H,5-6,18H2,1-4H3,(H,27,29). The van der Waals surface area contributed by atoms with E-state index in [1.807, 2.05) is 0 Å². The molecule has 0 fully saturated rings. The Hall–Kier alpha value is -3.32. The average molecular weight is 467 g/mol. The lowest BCUT2D eigenvalue weighted by molar-refractivity contribution is 0.0951. The Morgan fingerprint density at radius 3 is 2.15 bits per heavy atom. The van der Waals surface area contributed by atoms with E-state index in [0.717, 1.165) is 18.4 Å². The monoisotopic (exact) mass is 466 g/mol. The second-order valence-corrected chi connectivity index (χ2v) is 9.66. The van der Waals surface area contributed by atoms with Crippen molar-refractivity contribution in [3.8, 4) is 5.75 Å². The quantitative estimate of drug-likeness (QED) is 0.501. The maximum atomic E-state index is 12.9. The minimum atomic E-state index is -3.73. The van der Waals surface area contributed by atoms with Gasteiger partial charge in [-0.2, -0.15) is 0 Å². The van der Waals surface area contributed by atoms with Crippen LogP contribution in [0.1, 0.15) is 40.9 Å². The number of nitrogens with one attached hydrogen (secondary N) is 1. The van der Waals surface area contributed by atoms with Crippen LogP contribution in [-0.2, 0) is 29.4 Å². The molecule has 3 aromatic rings. The molecule has 0 aromatic heterocycles. The first-order chi connectivity index (χ1) is 15.8. The van der Waals surface area contributed by atoms with Gasteiger partial charge in [0.1, 0.15) is 5.75 Å². The average Bonchev–Trinajstić information content (AvgIpc) is 2.86. The van der Waals surface area contributed by atoms with Crippen LogP contribution in [0.4, 0.5) is 5.69 Å². The summed E-state index contributed by atoms with van der Waals surface area (Å²) in [6.45, 7) is 4.65. The van der Waals surface area contributed by atoms with Gasteiger partial charge in [-0.1, -0.05) is 32.0 Å². The van der Waals surface area contributed by atoms with E-state index in [9.17, 15) is 13.2 Å². The molecule has 1 amide bonds. The zero-order chi connectivity index (χ0) is 24.0. The van der Waals surface area contributed by atoms with E-state index in [0.29, 0.717) is 23.5 Å². The van der Waals surface area contributed by atoms with Gasteiger partial charge in [-0.15, -0.1) is 0 Å². The molecule has 0 aliphatic heterocycles. The largest absolute Gasteiger partial charge is 0.497 e. The summed E-state index contributed by atoms with van der Waals surface area (Å²) in [5.74, 6) is 0.380. The normalized spacial score (nSPS) is 11.2. The predicted octanol–water partition coefficient (Wildman–Crippen LogP) is 4.58. The molecule has 3 rings (SSSR count). The molecule has 7 heteroatoms. The Kier molecular flexibility index (Phi) is 7.76. The third-order valence-electron chi connectivity index (χ3n) is 5.71. The van der Waals surface area contributed by atoms with Crippen molar-refractivity contribution in [2.75, 3.05) is 18.5 Å². The molecule has 6 nitrogen and oxygen atoms in total. The number of rotatable bonds is 9. The van der Waals surface area contributed by atoms with Crippen molar-refractivity contribution in [1.82, 2.24) is 5.32 Å². The Balaban J connectivity index is 1.71. The topological polar surface area (TPSA) is 75.7 Å². The van der Waals surface area contributed by atoms with Crippen molar-refractivity contribution < 1.29 is 17.9 Å². The summed E-state index contributed by atoms with van der Waals surface area (Å²) in [6.07, 6.45) is 1.85. The van der Waals surface area contributed by atoms with Crippen LogP contribution in [0.25, 0.3) is 0 Å². The molecule has 174 valence electrons. The minimum Gasteiger partial charge on any atom is -0.497 e. The zero-order valence-corrected chi connectivity index (χ0v) is 20.3. The lowest BCUT2D eigenvalue weighted by atomic mass is 10.0. The van der Waals surface area contributed by atoms with Gasteiger partial charge in [0.25, 0.3) is 15.9 Å². The third kappa shape index (κ3) is 5.54. The van der Waals surface area contributed by atoms with Crippen LogP contribution in [0.5, 0.6) is 5.75 Å². The molecule has 0 aliphatic carbocycles. The maximum absolute atomic E-state index is 12.9. The molecule has 0 saturated carbocycles. The van der Waals surface area contributed by atoms with Crippen LogP contribution in [0, 0.1) is 0 Å². The predicted molar refractivity (Wildman–Crippen MR) is 131 cm³/mol. The number of hydrogen-bond donors (Lipinski definition) is 1. The molecule has 3 aromatic carbocycles. The van der Waals surface area contributed by atoms with Gasteiger partial charge in [0.2, 0.25) is 0 Å². The van der Waals surface area contributed by atoms with Crippen molar-refractivity contribution in [2.24, 2.45) is 0 Å². The van der Waals surface area contributed by atoms with E-state index in [-0.39, 0.29) is 10.8 Å². The maximum Gasteiger partial charge on any atom is 0.264 e. The Bertz CT molecular complexity index is 1200. The molecule has 0 unspecified atom stereocenters. The molecule has 1 N–H and O–H groups in total. The molecule has 0 atom stereocenters. The second-order valence-electron chi connectivity index (χ2n) is 7.69. The van der Waals surface area contributed by atoms with E-state index >= 15 is 0 Å². The van der Waals surface area contributed by atoms with E-state index in [4.69, 9.17) is 4.74 Å². The van der Waals surface area contributed by atoms with E-state index in [1.54, 1.807) is 36.4 Å². The van der Waals surface area contributed by atoms with Crippen molar-refractivity contribution in [2.45, 2.75) is 38.1 Å². The number of ether oxygens (including phenoxy) is 1. The molecule has 33 heavy (non-hydrogen) atoms. The van der Waals surface area contributed by atoms with Crippen LogP contribution in [0.15, 0.2) is 71.6 Å². The zero-order valence-electron chi connectivity index (χ0n) is 19.5. The minimum absolute atomic E-state index is 0.161. The number of benzene rings is 3. The van der Waals surface area contributed by atoms with E-state index in [1.165, 1.54) is 41.7 Å². The van der Waals surface area contributed by atoms with E-state index < -0.39 is 10.0 Å². The number of amides is 1. The Morgan fingerprint density at radius 2 is 1.58 bits per heavy atom. The number of nitrogens with zero attached hydrogens (tertiary/aromatic N) is 1. The van der Waals surface area contributed by atoms with Crippen LogP contribution >= 0.6 is 0 Å². The van der Waals surface area contributed by atoms with Gasteiger partial charge in [-0.3, -0.25) is 9.10 Å². The van der Waals surface area contributed by atoms with Crippen LogP contribution in [0.2, 0.25) is 0 Å². The summed E-state index contributed by atoms with van der Waals surface area (Å²) >= 11 is 0. The number of sulfonamides is 1. The Morgan fingerprint density at radius 1 is 0.909 bits per heavy atom. The molecular weight excluding hydrogens is 436 g/mol. The number of hydrogen-bond acceptors (Lipinski definition) is 4. The molecule has 0 aliphatic rings. The lowest BCUT2D eigenvalue weighted by Gasteiger charge is -2.20. The highest BCUT2D eigenvalue weighted by atomic mass is 32.2. The highest BCUT2D eigenvalue weighted by Crippen LogP contribution is 2.24. The van der Waals surface area contributed by atoms with E-state index in [2.05, 4.69) is 37.4 Å². The van der Waals surface area contributed by atoms with Crippen molar-refractivity contribution >= 4 is 21.6 Å². The highest BCUT2D eigenvalue weighted by Gasteiger charge is 2.21. The fraction of sp³-hybridized carbons (Fsp3) is 0.269. The summed E-state index contributed by atoms with van der Waals surface area (Å²) in [5, 5.41) is 2.97. The molecule has 0 radical (unpaired) electrons. The molecule has 0 spiro atoms. The smallest absolute Gasteiger partial charge is 0.264 e. The summed E-state index contributed by atoms with van der Waals surface area (Å²) in [5.41, 5.74) is 4.51. The Labute approximate surface area is 196 Å². The SMILES string of the molecule is CCc1ccc(CC)c(CNC(=O)c2ccc(N(C)S(=O)(=O)c3ccc(OC)cc3)cc2)c1. The molecule has 0 bridgehead atoms. The summed E-state index contributed by atoms with van der Waals surface area (Å²) < 4.78 is 32.1. The molecule has 0 heterocycles. The van der Waals surface area contributed by atoms with Crippen LogP contribution in [0.3, 0.4) is 0 Å². The van der Waals surface area contributed by atoms with Crippen molar-refractivity contribution in [3.63, 3.8) is 0 Å². The van der Waals surface area contributed by atoms with Gasteiger partial charge in [0.15, 0.2) is 0 Å². The number of anilines is 1. The van der Waals surface area contributed by atoms with Gasteiger partial charge in [0.05, 0.1) is 17.7 Å². The van der Waals surface area contributed by atoms with Crippen molar-refractivity contribution in [3.05, 3.63) is 89.0 Å². The van der Waals surface area contributed by atoms with Gasteiger partial charge in [-0.25, -0.2) is 8.42 Å². The first-order valence-electron chi connectivity index (χ1n) is 10.9. The summed E-state index contributed by atoms with van der Waals surface area (Å²) in [6, 6.07) is 19.1. The third-order valence-corrected chi connectivity index (χ3v) is 7.51. The fourth-order valence-electron chi connectivity index (χ4n) is 3.55. The summed E-state index contributed by atoms with van der Waals surface area (Å²) in [7, 11) is -0.720. The van der Waals surface area contributed by atoms with Crippen molar-refractivity contribution in [1.29, 1.82) is 0 Å². The van der Waals surface area contributed by atoms with Gasteiger partial charge in [-0.05, 0) is 78.1 Å². The highest BCUT2D eigenvalue weighted by molar-refractivity contribution is 7.92. The fourth-order valence-corrected chi connectivity index (χ4v) is 4.75. The van der Waals surface area contributed by atoms with Crippen LogP contribution in [-0.4, -0.2) is 28.5 Å². The van der Waals surface area contributed by atoms with Gasteiger partial charge in [0, 0.05) is 19.2 Å². The number of methoxy groups -OCH3 is 1. The second kappa shape index (κ2) is 10.5. The molecule has 0 saturated heterocycles. The number of carbonyl (C=O) groups is 1. The molecular formula is C26H30N2O4S. The first-order valence-corrected chi connectivity index (χ1v) is 12.4. The lowest BCUT2D eigenvalue weighted by Crippen LogP contribution is -2.27. The van der Waals surface area contributed by atoms with Gasteiger partial charge < -0.3 is 10.1 Å². The van der Waals surface area contributed by atoms with Crippen LogP contribution < -0.4 is 14.4 Å². The first kappa shape index (κ1) is 24.3. The van der Waals surface area contributed by atoms with Gasteiger partial charge >= 0.3 is 0 Å².